The number of methoxy groups -OCH3 is 1. The summed E-state index contributed by atoms with van der Waals surface area (Å²) < 4.78 is 10.6. The number of benzene rings is 2. The van der Waals surface area contributed by atoms with E-state index in [0.717, 1.165) is 5.69 Å². The van der Waals surface area contributed by atoms with Crippen molar-refractivity contribution in [1.29, 1.82) is 0 Å². The highest BCUT2D eigenvalue weighted by Gasteiger charge is 2.36. The molecule has 1 aliphatic rings. The average molecular weight is 362 g/mol. The number of rotatable bonds is 3. The van der Waals surface area contributed by atoms with Crippen molar-refractivity contribution in [2.45, 2.75) is 13.1 Å². The van der Waals surface area contributed by atoms with E-state index in [1.165, 1.54) is 7.11 Å². The zero-order chi connectivity index (χ0) is 19.0. The normalized spacial score (nSPS) is 15.9. The largest absolute Gasteiger partial charge is 0.465 e. The van der Waals surface area contributed by atoms with Crippen molar-refractivity contribution >= 4 is 23.3 Å². The lowest BCUT2D eigenvalue weighted by Gasteiger charge is -2.36. The zero-order valence-electron chi connectivity index (χ0n) is 14.9. The van der Waals surface area contributed by atoms with E-state index in [1.807, 2.05) is 48.5 Å². The number of para-hydroxylation sites is 2. The maximum atomic E-state index is 13.2. The molecule has 0 aliphatic carbocycles. The minimum Gasteiger partial charge on any atom is -0.465 e. The summed E-state index contributed by atoms with van der Waals surface area (Å²) >= 11 is 0. The zero-order valence-corrected chi connectivity index (χ0v) is 14.9. The topological polar surface area (TPSA) is 71.8 Å². The third-order valence-electron chi connectivity index (χ3n) is 4.57. The first-order chi connectivity index (χ1) is 13.1. The highest BCUT2D eigenvalue weighted by atomic mass is 16.5. The summed E-state index contributed by atoms with van der Waals surface area (Å²) in [5.74, 6) is 0.281. The van der Waals surface area contributed by atoms with E-state index >= 15 is 0 Å². The molecular formula is C21H18N2O4. The van der Waals surface area contributed by atoms with Crippen LogP contribution in [0.4, 0.5) is 11.4 Å². The molecule has 2 aromatic carbocycles. The summed E-state index contributed by atoms with van der Waals surface area (Å²) in [6, 6.07) is 18.3. The summed E-state index contributed by atoms with van der Waals surface area (Å²) in [7, 11) is 1.32. The number of esters is 1. The Bertz CT molecular complexity index is 1010. The van der Waals surface area contributed by atoms with Crippen LogP contribution in [0.15, 0.2) is 65.1 Å². The van der Waals surface area contributed by atoms with Gasteiger partial charge in [0, 0.05) is 11.4 Å². The first-order valence-electron chi connectivity index (χ1n) is 8.53. The van der Waals surface area contributed by atoms with Crippen LogP contribution in [0.3, 0.4) is 0 Å². The fraction of sp³-hybridized carbons (Fsp3) is 0.143. The Labute approximate surface area is 156 Å². The van der Waals surface area contributed by atoms with E-state index in [0.29, 0.717) is 28.3 Å². The van der Waals surface area contributed by atoms with Crippen LogP contribution in [0.1, 0.15) is 38.4 Å². The molecule has 1 atom stereocenters. The fourth-order valence-corrected chi connectivity index (χ4v) is 3.26. The average Bonchev–Trinajstić information content (AvgIpc) is 3.09. The van der Waals surface area contributed by atoms with E-state index < -0.39 is 12.1 Å². The monoisotopic (exact) mass is 362 g/mol. The van der Waals surface area contributed by atoms with E-state index in [4.69, 9.17) is 9.15 Å². The van der Waals surface area contributed by atoms with Gasteiger partial charge in [-0.25, -0.2) is 4.79 Å². The Morgan fingerprint density at radius 2 is 1.81 bits per heavy atom. The van der Waals surface area contributed by atoms with Crippen molar-refractivity contribution in [3.63, 3.8) is 0 Å². The number of anilines is 2. The van der Waals surface area contributed by atoms with Gasteiger partial charge in [-0.05, 0) is 37.3 Å². The molecule has 4 rings (SSSR count). The van der Waals surface area contributed by atoms with Gasteiger partial charge in [0.25, 0.3) is 5.91 Å². The van der Waals surface area contributed by atoms with Gasteiger partial charge in [-0.15, -0.1) is 0 Å². The Morgan fingerprint density at radius 1 is 1.11 bits per heavy atom. The van der Waals surface area contributed by atoms with Gasteiger partial charge in [0.15, 0.2) is 6.17 Å². The number of hydrogen-bond acceptors (Lipinski definition) is 5. The number of nitrogens with zero attached hydrogens (tertiary/aromatic N) is 1. The molecule has 6 heteroatoms. The first kappa shape index (κ1) is 16.9. The molecule has 0 radical (unpaired) electrons. The van der Waals surface area contributed by atoms with Crippen LogP contribution in [-0.4, -0.2) is 19.0 Å². The van der Waals surface area contributed by atoms with Crippen molar-refractivity contribution in [1.82, 2.24) is 0 Å². The molecule has 1 aromatic heterocycles. The Hall–Kier alpha value is -3.54. The Morgan fingerprint density at radius 3 is 2.56 bits per heavy atom. The minimum atomic E-state index is -0.591. The van der Waals surface area contributed by atoms with Crippen LogP contribution in [0.25, 0.3) is 0 Å². The number of hydrogen-bond donors (Lipinski definition) is 1. The lowest BCUT2D eigenvalue weighted by molar-refractivity contribution is 0.0598. The van der Waals surface area contributed by atoms with Gasteiger partial charge in [0.05, 0.1) is 12.7 Å². The number of nitrogens with one attached hydrogen (secondary N) is 1. The van der Waals surface area contributed by atoms with E-state index in [9.17, 15) is 9.59 Å². The van der Waals surface area contributed by atoms with Gasteiger partial charge < -0.3 is 14.5 Å². The quantitative estimate of drug-likeness (QED) is 0.709. The maximum absolute atomic E-state index is 13.2. The van der Waals surface area contributed by atoms with Crippen LogP contribution in [-0.2, 0) is 4.74 Å². The molecule has 6 nitrogen and oxygen atoms in total. The molecule has 0 spiro atoms. The smallest absolute Gasteiger partial charge is 0.341 e. The number of carbonyl (C=O) groups is 2. The molecular weight excluding hydrogens is 344 g/mol. The van der Waals surface area contributed by atoms with E-state index in [1.54, 1.807) is 24.0 Å². The molecule has 2 heterocycles. The molecule has 1 amide bonds. The predicted octanol–water partition coefficient (Wildman–Crippen LogP) is 4.15. The van der Waals surface area contributed by atoms with Gasteiger partial charge in [0.1, 0.15) is 17.1 Å². The maximum Gasteiger partial charge on any atom is 0.341 e. The second-order valence-corrected chi connectivity index (χ2v) is 6.21. The molecule has 3 aromatic rings. The highest BCUT2D eigenvalue weighted by Crippen LogP contribution is 2.37. The van der Waals surface area contributed by atoms with Crippen LogP contribution in [0.5, 0.6) is 0 Å². The minimum absolute atomic E-state index is 0.144. The van der Waals surface area contributed by atoms with E-state index in [2.05, 4.69) is 5.32 Å². The summed E-state index contributed by atoms with van der Waals surface area (Å²) in [6.07, 6.45) is -0.591. The fourth-order valence-electron chi connectivity index (χ4n) is 3.26. The summed E-state index contributed by atoms with van der Waals surface area (Å²) in [5.41, 5.74) is 2.36. The standard InChI is InChI=1S/C21H18N2O4/c1-13-16(21(25)26-2)12-18(27-13)19-22-17-11-7-6-10-15(17)20(24)23(19)14-8-4-3-5-9-14/h3-12,19,22H,1-2H3. The summed E-state index contributed by atoms with van der Waals surface area (Å²) in [6.45, 7) is 1.70. The molecule has 0 saturated carbocycles. The first-order valence-corrected chi connectivity index (χ1v) is 8.53. The molecule has 0 bridgehead atoms. The molecule has 1 N–H and O–H groups in total. The second-order valence-electron chi connectivity index (χ2n) is 6.21. The third-order valence-corrected chi connectivity index (χ3v) is 4.57. The van der Waals surface area contributed by atoms with Crippen molar-refractivity contribution in [3.05, 3.63) is 83.3 Å². The van der Waals surface area contributed by atoms with Crippen LogP contribution in [0, 0.1) is 6.92 Å². The number of fused-ring (bicyclic) bond motifs is 1. The summed E-state index contributed by atoms with van der Waals surface area (Å²) in [4.78, 5) is 26.8. The van der Waals surface area contributed by atoms with Gasteiger partial charge in [0.2, 0.25) is 0 Å². The number of aryl methyl sites for hydroxylation is 1. The van der Waals surface area contributed by atoms with Gasteiger partial charge in [-0.3, -0.25) is 9.69 Å². The predicted molar refractivity (Wildman–Crippen MR) is 101 cm³/mol. The molecule has 0 saturated heterocycles. The second kappa shape index (κ2) is 6.64. The molecule has 27 heavy (non-hydrogen) atoms. The van der Waals surface area contributed by atoms with Gasteiger partial charge in [-0.1, -0.05) is 30.3 Å². The number of carbonyl (C=O) groups excluding carboxylic acids is 2. The van der Waals surface area contributed by atoms with Crippen LogP contribution < -0.4 is 10.2 Å². The van der Waals surface area contributed by atoms with E-state index in [-0.39, 0.29) is 5.91 Å². The lowest BCUT2D eigenvalue weighted by Crippen LogP contribution is -2.43. The van der Waals surface area contributed by atoms with Crippen molar-refractivity contribution in [3.8, 4) is 0 Å². The van der Waals surface area contributed by atoms with Crippen molar-refractivity contribution < 1.29 is 18.7 Å². The molecule has 0 fully saturated rings. The van der Waals surface area contributed by atoms with Crippen LogP contribution >= 0.6 is 0 Å². The SMILES string of the molecule is COC(=O)c1cc(C2Nc3ccccc3C(=O)N2c2ccccc2)oc1C. The van der Waals surface area contributed by atoms with Crippen LogP contribution in [0.2, 0.25) is 0 Å². The lowest BCUT2D eigenvalue weighted by atomic mass is 10.1. The Balaban J connectivity index is 1.84. The Kier molecular flexibility index (Phi) is 4.16. The third kappa shape index (κ3) is 2.85. The van der Waals surface area contributed by atoms with Crippen molar-refractivity contribution in [2.24, 2.45) is 0 Å². The number of amides is 1. The van der Waals surface area contributed by atoms with Crippen molar-refractivity contribution in [2.75, 3.05) is 17.3 Å². The van der Waals surface area contributed by atoms with Gasteiger partial charge >= 0.3 is 5.97 Å². The highest BCUT2D eigenvalue weighted by molar-refractivity contribution is 6.12. The van der Waals surface area contributed by atoms with Gasteiger partial charge in [-0.2, -0.15) is 0 Å². The summed E-state index contributed by atoms with van der Waals surface area (Å²) in [5, 5.41) is 3.35. The molecule has 1 unspecified atom stereocenters. The molecule has 136 valence electrons. The number of furan rings is 1. The number of ether oxygens (including phenoxy) is 1. The molecule has 1 aliphatic heterocycles.